The number of benzene rings is 1. The van der Waals surface area contributed by atoms with Gasteiger partial charge in [-0.25, -0.2) is 0 Å². The van der Waals surface area contributed by atoms with Crippen LogP contribution in [0.1, 0.15) is 17.4 Å². The molecule has 0 aliphatic carbocycles. The largest absolute Gasteiger partial charge is 0.369 e. The van der Waals surface area contributed by atoms with Crippen molar-refractivity contribution in [3.8, 4) is 0 Å². The van der Waals surface area contributed by atoms with E-state index in [1.54, 1.807) is 11.3 Å². The molecule has 1 aromatic carbocycles. The van der Waals surface area contributed by atoms with Gasteiger partial charge in [-0.15, -0.1) is 11.3 Å². The highest BCUT2D eigenvalue weighted by Gasteiger charge is 2.19. The van der Waals surface area contributed by atoms with Crippen LogP contribution in [0, 0.1) is 0 Å². The van der Waals surface area contributed by atoms with Crippen LogP contribution < -0.4 is 10.5 Å². The van der Waals surface area contributed by atoms with Crippen LogP contribution in [0.25, 0.3) is 21.1 Å². The van der Waals surface area contributed by atoms with Crippen LogP contribution in [0.15, 0.2) is 41.3 Å². The minimum atomic E-state index is 0.0450. The number of hydrogen-bond donors (Lipinski definition) is 1. The molecule has 0 spiro atoms. The third-order valence-corrected chi connectivity index (χ3v) is 6.95. The number of aryl methyl sites for hydroxylation is 2. The van der Waals surface area contributed by atoms with Gasteiger partial charge in [-0.3, -0.25) is 14.4 Å². The topological polar surface area (TPSA) is 57.2 Å². The number of piperazine rings is 1. The van der Waals surface area contributed by atoms with Gasteiger partial charge in [-0.2, -0.15) is 5.10 Å². The first-order valence-corrected chi connectivity index (χ1v) is 11.0. The van der Waals surface area contributed by atoms with Gasteiger partial charge in [0.15, 0.2) is 0 Å². The fraction of sp³-hybridized carbons (Fsp3) is 0.364. The minimum absolute atomic E-state index is 0.0450. The summed E-state index contributed by atoms with van der Waals surface area (Å²) in [4.78, 5) is 21.4. The Morgan fingerprint density at radius 2 is 1.97 bits per heavy atom. The monoisotopic (exact) mass is 407 g/mol. The van der Waals surface area contributed by atoms with E-state index in [2.05, 4.69) is 50.2 Å². The number of fused-ring (bicyclic) bond motifs is 2. The van der Waals surface area contributed by atoms with E-state index in [-0.39, 0.29) is 5.56 Å². The number of thiophene rings is 1. The van der Waals surface area contributed by atoms with Crippen molar-refractivity contribution < 1.29 is 0 Å². The maximum absolute atomic E-state index is 12.0. The number of aromatic nitrogens is 3. The Morgan fingerprint density at radius 3 is 2.76 bits per heavy atom. The molecule has 0 bridgehead atoms. The summed E-state index contributed by atoms with van der Waals surface area (Å²) >= 11 is 1.80. The third-order valence-electron chi connectivity index (χ3n) is 5.88. The molecular weight excluding hydrogens is 382 g/mol. The molecule has 0 amide bonds. The summed E-state index contributed by atoms with van der Waals surface area (Å²) in [6.07, 6.45) is 2.70. The molecule has 0 saturated carbocycles. The van der Waals surface area contributed by atoms with Gasteiger partial charge in [0, 0.05) is 61.3 Å². The van der Waals surface area contributed by atoms with Gasteiger partial charge in [-0.1, -0.05) is 6.92 Å². The molecule has 150 valence electrons. The Balaban J connectivity index is 1.26. The lowest BCUT2D eigenvalue weighted by molar-refractivity contribution is 0.252. The molecule has 3 aromatic heterocycles. The van der Waals surface area contributed by atoms with Crippen LogP contribution in [0.4, 0.5) is 5.69 Å². The van der Waals surface area contributed by atoms with Crippen molar-refractivity contribution in [2.45, 2.75) is 19.9 Å². The highest BCUT2D eigenvalue weighted by atomic mass is 32.1. The second kappa shape index (κ2) is 7.31. The summed E-state index contributed by atoms with van der Waals surface area (Å²) in [7, 11) is 1.98. The van der Waals surface area contributed by atoms with Crippen molar-refractivity contribution in [1.82, 2.24) is 19.7 Å². The molecule has 6 nitrogen and oxygen atoms in total. The van der Waals surface area contributed by atoms with E-state index in [4.69, 9.17) is 0 Å². The summed E-state index contributed by atoms with van der Waals surface area (Å²) in [6.45, 7) is 7.09. The first kappa shape index (κ1) is 18.4. The fourth-order valence-corrected chi connectivity index (χ4v) is 5.29. The number of aromatic amines is 1. The zero-order valence-electron chi connectivity index (χ0n) is 16.8. The molecule has 1 saturated heterocycles. The van der Waals surface area contributed by atoms with E-state index in [0.717, 1.165) is 50.2 Å². The standard InChI is InChI=1S/C22H25N5OS/c1-3-15-11-21-19(24-22(15)28)12-18(29-21)14-26-6-8-27(9-7-26)17-4-5-20-16(10-17)13-23-25(20)2/h4-5,10-13H,3,6-9,14H2,1-2H3,(H,24,28). The zero-order valence-corrected chi connectivity index (χ0v) is 17.6. The number of H-pyrrole nitrogens is 1. The predicted octanol–water partition coefficient (Wildman–Crippen LogP) is 3.36. The average Bonchev–Trinajstić information content (AvgIpc) is 3.30. The molecule has 4 heterocycles. The molecule has 1 fully saturated rings. The Hall–Kier alpha value is -2.64. The van der Waals surface area contributed by atoms with E-state index >= 15 is 0 Å². The van der Waals surface area contributed by atoms with E-state index in [9.17, 15) is 4.79 Å². The number of anilines is 1. The number of nitrogens with one attached hydrogen (secondary N) is 1. The Bertz CT molecular complexity index is 1230. The highest BCUT2D eigenvalue weighted by molar-refractivity contribution is 7.19. The van der Waals surface area contributed by atoms with Crippen LogP contribution in [-0.2, 0) is 20.0 Å². The molecule has 0 atom stereocenters. The zero-order chi connectivity index (χ0) is 20.0. The smallest absolute Gasteiger partial charge is 0.251 e. The minimum Gasteiger partial charge on any atom is -0.369 e. The quantitative estimate of drug-likeness (QED) is 0.564. The van der Waals surface area contributed by atoms with Crippen molar-refractivity contribution in [3.63, 3.8) is 0 Å². The molecule has 29 heavy (non-hydrogen) atoms. The van der Waals surface area contributed by atoms with Crippen LogP contribution in [0.3, 0.4) is 0 Å². The Labute approximate surface area is 173 Å². The summed E-state index contributed by atoms with van der Waals surface area (Å²) < 4.78 is 3.10. The number of hydrogen-bond acceptors (Lipinski definition) is 5. The van der Waals surface area contributed by atoms with Gasteiger partial charge in [-0.05, 0) is 36.8 Å². The van der Waals surface area contributed by atoms with Gasteiger partial charge in [0.05, 0.1) is 21.9 Å². The maximum Gasteiger partial charge on any atom is 0.251 e. The SMILES string of the molecule is CCc1cc2sc(CN3CCN(c4ccc5c(cnn5C)c4)CC3)cc2[nH]c1=O. The van der Waals surface area contributed by atoms with Gasteiger partial charge in [0.2, 0.25) is 0 Å². The lowest BCUT2D eigenvalue weighted by atomic mass is 10.2. The molecule has 7 heteroatoms. The van der Waals surface area contributed by atoms with Crippen LogP contribution in [0.2, 0.25) is 0 Å². The van der Waals surface area contributed by atoms with Gasteiger partial charge in [0.1, 0.15) is 0 Å². The second-order valence-corrected chi connectivity index (χ2v) is 8.91. The second-order valence-electron chi connectivity index (χ2n) is 7.74. The summed E-state index contributed by atoms with van der Waals surface area (Å²) in [5.74, 6) is 0. The first-order chi connectivity index (χ1) is 14.1. The van der Waals surface area contributed by atoms with Gasteiger partial charge >= 0.3 is 0 Å². The van der Waals surface area contributed by atoms with Crippen molar-refractivity contribution in [2.24, 2.45) is 7.05 Å². The molecule has 1 aliphatic rings. The predicted molar refractivity (Wildman–Crippen MR) is 120 cm³/mol. The van der Waals surface area contributed by atoms with Crippen molar-refractivity contribution in [1.29, 1.82) is 0 Å². The number of pyridine rings is 1. The van der Waals surface area contributed by atoms with Gasteiger partial charge < -0.3 is 9.88 Å². The maximum atomic E-state index is 12.0. The molecular formula is C22H25N5OS. The molecule has 4 aromatic rings. The van der Waals surface area contributed by atoms with Crippen molar-refractivity contribution >= 4 is 38.1 Å². The third kappa shape index (κ3) is 3.45. The van der Waals surface area contributed by atoms with Crippen LogP contribution in [0.5, 0.6) is 0 Å². The average molecular weight is 408 g/mol. The Kier molecular flexibility index (Phi) is 4.64. The molecule has 5 rings (SSSR count). The van der Waals surface area contributed by atoms with E-state index in [0.29, 0.717) is 0 Å². The molecule has 1 N–H and O–H groups in total. The number of nitrogens with zero attached hydrogens (tertiary/aromatic N) is 4. The Morgan fingerprint density at radius 1 is 1.14 bits per heavy atom. The van der Waals surface area contributed by atoms with Crippen LogP contribution in [-0.4, -0.2) is 45.8 Å². The van der Waals surface area contributed by atoms with Crippen molar-refractivity contribution in [2.75, 3.05) is 31.1 Å². The van der Waals surface area contributed by atoms with Crippen molar-refractivity contribution in [3.05, 3.63) is 57.3 Å². The summed E-state index contributed by atoms with van der Waals surface area (Å²) in [5.41, 5.74) is 4.32. The van der Waals surface area contributed by atoms with E-state index < -0.39 is 0 Å². The molecule has 1 aliphatic heterocycles. The summed E-state index contributed by atoms with van der Waals surface area (Å²) in [6, 6.07) is 10.8. The highest BCUT2D eigenvalue weighted by Crippen LogP contribution is 2.27. The van der Waals surface area contributed by atoms with Gasteiger partial charge in [0.25, 0.3) is 5.56 Å². The number of rotatable bonds is 4. The van der Waals surface area contributed by atoms with E-state index in [1.807, 2.05) is 24.9 Å². The lowest BCUT2D eigenvalue weighted by Gasteiger charge is -2.36. The van der Waals surface area contributed by atoms with E-state index in [1.165, 1.54) is 26.2 Å². The molecule has 0 radical (unpaired) electrons. The fourth-order valence-electron chi connectivity index (χ4n) is 4.16. The lowest BCUT2D eigenvalue weighted by Crippen LogP contribution is -2.45. The molecule has 0 unspecified atom stereocenters. The first-order valence-electron chi connectivity index (χ1n) is 10.1. The summed E-state index contributed by atoms with van der Waals surface area (Å²) in [5, 5.41) is 5.54. The normalized spacial score (nSPS) is 15.6. The van der Waals surface area contributed by atoms with Crippen LogP contribution >= 0.6 is 11.3 Å².